The summed E-state index contributed by atoms with van der Waals surface area (Å²) in [5, 5.41) is 12.2. The molecule has 0 radical (unpaired) electrons. The third-order valence-electron chi connectivity index (χ3n) is 5.63. The predicted molar refractivity (Wildman–Crippen MR) is 126 cm³/mol. The molecule has 2 N–H and O–H groups in total. The Kier molecular flexibility index (Phi) is 6.32. The lowest BCUT2D eigenvalue weighted by Gasteiger charge is -2.33. The Labute approximate surface area is 187 Å². The van der Waals surface area contributed by atoms with Crippen molar-refractivity contribution >= 4 is 23.4 Å². The van der Waals surface area contributed by atoms with Gasteiger partial charge in [0.1, 0.15) is 5.25 Å². The molecular weight excluding hydrogens is 406 g/mol. The maximum absolute atomic E-state index is 13.5. The smallest absolute Gasteiger partial charge is 0.240 e. The van der Waals surface area contributed by atoms with Crippen LogP contribution in [0.1, 0.15) is 54.4 Å². The topological polar surface area (TPSA) is 71.8 Å². The van der Waals surface area contributed by atoms with Crippen LogP contribution >= 0.6 is 11.8 Å². The zero-order valence-electron chi connectivity index (χ0n) is 18.5. The molecule has 1 aliphatic heterocycles. The first-order valence-corrected chi connectivity index (χ1v) is 11.7. The molecule has 0 spiro atoms. The lowest BCUT2D eigenvalue weighted by atomic mass is 10.0. The number of aromatic nitrogens is 3. The fourth-order valence-electron chi connectivity index (χ4n) is 3.77. The van der Waals surface area contributed by atoms with Crippen LogP contribution < -0.4 is 10.7 Å². The van der Waals surface area contributed by atoms with Crippen molar-refractivity contribution in [1.29, 1.82) is 0 Å². The van der Waals surface area contributed by atoms with Crippen LogP contribution in [0.3, 0.4) is 0 Å². The number of anilines is 1. The van der Waals surface area contributed by atoms with Crippen molar-refractivity contribution in [3.63, 3.8) is 0 Å². The number of aryl methyl sites for hydroxylation is 4. The van der Waals surface area contributed by atoms with Gasteiger partial charge in [-0.05, 0) is 55.0 Å². The summed E-state index contributed by atoms with van der Waals surface area (Å²) in [7, 11) is 0. The molecule has 0 aliphatic carbocycles. The number of carbonyl (C=O) groups excluding carboxylic acids is 1. The SMILES string of the molecule is CCCc1nnc2n1N[C@H](c1ccc(CC)cc1)[C@H](C(=O)Nc1cc(C)ccc1C)S2. The van der Waals surface area contributed by atoms with E-state index in [1.807, 2.05) is 30.7 Å². The number of fused-ring (bicyclic) bond motifs is 1. The van der Waals surface area contributed by atoms with Crippen molar-refractivity contribution < 1.29 is 4.79 Å². The Morgan fingerprint density at radius 1 is 1.13 bits per heavy atom. The minimum absolute atomic E-state index is 0.0398. The molecular formula is C24H29N5OS. The van der Waals surface area contributed by atoms with Crippen LogP contribution in [-0.4, -0.2) is 26.0 Å². The van der Waals surface area contributed by atoms with Gasteiger partial charge in [-0.15, -0.1) is 10.2 Å². The fraction of sp³-hybridized carbons (Fsp3) is 0.375. The molecule has 0 saturated heterocycles. The first-order valence-electron chi connectivity index (χ1n) is 10.8. The van der Waals surface area contributed by atoms with Crippen molar-refractivity contribution in [2.75, 3.05) is 10.7 Å². The third-order valence-corrected chi connectivity index (χ3v) is 6.85. The summed E-state index contributed by atoms with van der Waals surface area (Å²) in [6, 6.07) is 14.4. The van der Waals surface area contributed by atoms with Crippen LogP contribution in [0.5, 0.6) is 0 Å². The number of nitrogens with one attached hydrogen (secondary N) is 2. The Balaban J connectivity index is 1.67. The van der Waals surface area contributed by atoms with E-state index >= 15 is 0 Å². The average molecular weight is 436 g/mol. The molecule has 3 aromatic rings. The summed E-state index contributed by atoms with van der Waals surface area (Å²) in [4.78, 5) is 13.5. The van der Waals surface area contributed by atoms with Crippen molar-refractivity contribution in [2.45, 2.75) is 63.4 Å². The number of hydrogen-bond donors (Lipinski definition) is 2. The predicted octanol–water partition coefficient (Wildman–Crippen LogP) is 4.81. The molecule has 0 unspecified atom stereocenters. The van der Waals surface area contributed by atoms with E-state index in [0.717, 1.165) is 52.6 Å². The van der Waals surface area contributed by atoms with Crippen LogP contribution in [0.15, 0.2) is 47.6 Å². The Hall–Kier alpha value is -2.80. The number of rotatable bonds is 6. The molecule has 2 aromatic carbocycles. The van der Waals surface area contributed by atoms with Gasteiger partial charge < -0.3 is 10.7 Å². The van der Waals surface area contributed by atoms with E-state index < -0.39 is 0 Å². The van der Waals surface area contributed by atoms with E-state index in [0.29, 0.717) is 0 Å². The van der Waals surface area contributed by atoms with E-state index in [4.69, 9.17) is 0 Å². The zero-order chi connectivity index (χ0) is 22.0. The molecule has 31 heavy (non-hydrogen) atoms. The van der Waals surface area contributed by atoms with Crippen molar-refractivity contribution in [2.24, 2.45) is 0 Å². The highest BCUT2D eigenvalue weighted by molar-refractivity contribution is 8.00. The summed E-state index contributed by atoms with van der Waals surface area (Å²) in [6.45, 7) is 8.31. The Bertz CT molecular complexity index is 1080. The van der Waals surface area contributed by atoms with Crippen LogP contribution in [0.4, 0.5) is 5.69 Å². The van der Waals surface area contributed by atoms with Crippen molar-refractivity contribution in [3.05, 3.63) is 70.5 Å². The monoisotopic (exact) mass is 435 g/mol. The van der Waals surface area contributed by atoms with E-state index in [1.165, 1.54) is 17.3 Å². The van der Waals surface area contributed by atoms with Crippen molar-refractivity contribution in [1.82, 2.24) is 14.9 Å². The van der Waals surface area contributed by atoms with E-state index in [9.17, 15) is 4.79 Å². The standard InChI is InChI=1S/C24H29N5OS/c1-5-7-20-26-27-24-29(20)28-21(18-12-10-17(6-2)11-13-18)22(31-24)23(30)25-19-14-15(3)8-9-16(19)4/h8-14,21-22,28H,5-7H2,1-4H3,(H,25,30)/t21-,22-/m1/s1. The molecule has 1 amide bonds. The minimum Gasteiger partial charge on any atom is -0.325 e. The molecule has 1 aromatic heterocycles. The van der Waals surface area contributed by atoms with Crippen molar-refractivity contribution in [3.8, 4) is 0 Å². The molecule has 6 nitrogen and oxygen atoms in total. The number of amides is 1. The highest BCUT2D eigenvalue weighted by Gasteiger charge is 2.37. The second kappa shape index (κ2) is 9.14. The molecule has 2 heterocycles. The molecule has 0 bridgehead atoms. The number of thioether (sulfide) groups is 1. The fourth-order valence-corrected chi connectivity index (χ4v) is 4.87. The Morgan fingerprint density at radius 3 is 2.61 bits per heavy atom. The summed E-state index contributed by atoms with van der Waals surface area (Å²) < 4.78 is 1.95. The summed E-state index contributed by atoms with van der Waals surface area (Å²) in [5.41, 5.74) is 8.91. The van der Waals surface area contributed by atoms with Crippen LogP contribution in [0, 0.1) is 13.8 Å². The average Bonchev–Trinajstić information content (AvgIpc) is 3.17. The highest BCUT2D eigenvalue weighted by atomic mass is 32.2. The normalized spacial score (nSPS) is 17.7. The molecule has 0 fully saturated rings. The number of nitrogens with zero attached hydrogens (tertiary/aromatic N) is 3. The molecule has 1 aliphatic rings. The summed E-state index contributed by atoms with van der Waals surface area (Å²) in [6.07, 6.45) is 2.80. The van der Waals surface area contributed by atoms with E-state index in [1.54, 1.807) is 0 Å². The number of benzene rings is 2. The zero-order valence-corrected chi connectivity index (χ0v) is 19.3. The van der Waals surface area contributed by atoms with E-state index in [-0.39, 0.29) is 17.2 Å². The maximum atomic E-state index is 13.5. The molecule has 0 saturated carbocycles. The van der Waals surface area contributed by atoms with Gasteiger partial charge in [0, 0.05) is 12.1 Å². The summed E-state index contributed by atoms with van der Waals surface area (Å²) >= 11 is 1.47. The molecule has 2 atom stereocenters. The van der Waals surface area contributed by atoms with Gasteiger partial charge in [0.2, 0.25) is 11.1 Å². The van der Waals surface area contributed by atoms with Gasteiger partial charge in [-0.3, -0.25) is 4.79 Å². The minimum atomic E-state index is -0.376. The largest absolute Gasteiger partial charge is 0.325 e. The van der Waals surface area contributed by atoms with Gasteiger partial charge >= 0.3 is 0 Å². The maximum Gasteiger partial charge on any atom is 0.240 e. The molecule has 4 rings (SSSR count). The second-order valence-electron chi connectivity index (χ2n) is 8.03. The molecule has 162 valence electrons. The first kappa shape index (κ1) is 21.4. The highest BCUT2D eigenvalue weighted by Crippen LogP contribution is 2.38. The van der Waals surface area contributed by atoms with Crippen LogP contribution in [0.2, 0.25) is 0 Å². The van der Waals surface area contributed by atoms with Crippen LogP contribution in [0.25, 0.3) is 0 Å². The lowest BCUT2D eigenvalue weighted by Crippen LogP contribution is -2.41. The van der Waals surface area contributed by atoms with Gasteiger partial charge in [-0.1, -0.05) is 62.0 Å². The van der Waals surface area contributed by atoms with Gasteiger partial charge in [0.05, 0.1) is 6.04 Å². The van der Waals surface area contributed by atoms with E-state index in [2.05, 4.69) is 65.1 Å². The Morgan fingerprint density at radius 2 is 1.90 bits per heavy atom. The van der Waals surface area contributed by atoms with Gasteiger partial charge in [0.15, 0.2) is 5.82 Å². The van der Waals surface area contributed by atoms with Gasteiger partial charge in [0.25, 0.3) is 0 Å². The quantitative estimate of drug-likeness (QED) is 0.581. The summed E-state index contributed by atoms with van der Waals surface area (Å²) in [5.74, 6) is 0.857. The number of carbonyl (C=O) groups is 1. The molecule has 7 heteroatoms. The lowest BCUT2D eigenvalue weighted by molar-refractivity contribution is -0.116. The van der Waals surface area contributed by atoms with Crippen LogP contribution in [-0.2, 0) is 17.6 Å². The van der Waals surface area contributed by atoms with Gasteiger partial charge in [-0.25, -0.2) is 4.68 Å². The second-order valence-corrected chi connectivity index (χ2v) is 9.14. The van der Waals surface area contributed by atoms with Gasteiger partial charge in [-0.2, -0.15) is 0 Å². The first-order chi connectivity index (χ1) is 15.0. The third kappa shape index (κ3) is 4.46. The number of hydrogen-bond acceptors (Lipinski definition) is 5.